The smallest absolute Gasteiger partial charge is 0.313 e. The molecule has 16 heavy (non-hydrogen) atoms. The van der Waals surface area contributed by atoms with Gasteiger partial charge in [0.2, 0.25) is 0 Å². The molecule has 1 unspecified atom stereocenters. The summed E-state index contributed by atoms with van der Waals surface area (Å²) in [7, 11) is -1.20. The van der Waals surface area contributed by atoms with Gasteiger partial charge in [0.25, 0.3) is 0 Å². The van der Waals surface area contributed by atoms with E-state index in [2.05, 4.69) is 9.97 Å². The fourth-order valence-corrected chi connectivity index (χ4v) is 1.29. The quantitative estimate of drug-likeness (QED) is 0.499. The Morgan fingerprint density at radius 2 is 2.06 bits per heavy atom. The van der Waals surface area contributed by atoms with Gasteiger partial charge < -0.3 is 4.57 Å². The molecule has 0 heterocycles. The number of carbonyl (C=O) groups excluding carboxylic acids is 1. The third-order valence-corrected chi connectivity index (χ3v) is 2.59. The molecule has 1 rings (SSSR count). The van der Waals surface area contributed by atoms with E-state index < -0.39 is 20.6 Å². The Morgan fingerprint density at radius 1 is 1.44 bits per heavy atom. The highest BCUT2D eigenvalue weighted by molar-refractivity contribution is 7.21. The van der Waals surface area contributed by atoms with Gasteiger partial charge in [-0.15, -0.1) is 0 Å². The van der Waals surface area contributed by atoms with E-state index in [-0.39, 0.29) is 0 Å². The molecule has 0 radical (unpaired) electrons. The zero-order valence-electron chi connectivity index (χ0n) is 8.48. The Balaban J connectivity index is 2.42. The Bertz CT molecular complexity index is 370. The highest BCUT2D eigenvalue weighted by atomic mass is 35.5. The number of rotatable bonds is 5. The minimum atomic E-state index is -1.20. The molecule has 1 aromatic rings. The molecule has 0 spiro atoms. The van der Waals surface area contributed by atoms with E-state index in [1.54, 1.807) is 24.3 Å². The van der Waals surface area contributed by atoms with Gasteiger partial charge in [-0.2, -0.15) is 0 Å². The van der Waals surface area contributed by atoms with Crippen molar-refractivity contribution in [2.75, 3.05) is 0 Å². The fourth-order valence-electron chi connectivity index (χ4n) is 0.822. The molecule has 0 fully saturated rings. The van der Waals surface area contributed by atoms with E-state index in [0.717, 1.165) is 0 Å². The van der Waals surface area contributed by atoms with Crippen LogP contribution in [0.5, 0.6) is 5.75 Å². The highest BCUT2D eigenvalue weighted by Crippen LogP contribution is 2.15. The molecule has 0 aliphatic heterocycles. The van der Waals surface area contributed by atoms with Crippen molar-refractivity contribution in [1.29, 1.82) is 0 Å². The van der Waals surface area contributed by atoms with Crippen molar-refractivity contribution in [1.82, 2.24) is 5.09 Å². The average molecular weight is 264 g/mol. The van der Waals surface area contributed by atoms with Crippen LogP contribution in [0.15, 0.2) is 24.3 Å². The second-order valence-electron chi connectivity index (χ2n) is 2.95. The third kappa shape index (κ3) is 4.23. The lowest BCUT2D eigenvalue weighted by atomic mass is 10.3. The average Bonchev–Trinajstić information content (AvgIpc) is 2.28. The second-order valence-corrected chi connectivity index (χ2v) is 3.95. The Morgan fingerprint density at radius 3 is 2.62 bits per heavy atom. The van der Waals surface area contributed by atoms with Crippen LogP contribution in [-0.4, -0.2) is 12.0 Å². The molecule has 0 aliphatic rings. The lowest BCUT2D eigenvalue weighted by Gasteiger charge is -2.08. The summed E-state index contributed by atoms with van der Waals surface area (Å²) >= 11 is 5.66. The highest BCUT2D eigenvalue weighted by Gasteiger charge is 2.14. The predicted octanol–water partition coefficient (Wildman–Crippen LogP) is 1.83. The number of nitrogens with one attached hydrogen (secondary N) is 1. The van der Waals surface area contributed by atoms with Gasteiger partial charge >= 0.3 is 5.97 Å². The maximum absolute atomic E-state index is 11.2. The zero-order valence-corrected chi connectivity index (χ0v) is 10.4. The van der Waals surface area contributed by atoms with E-state index in [1.165, 1.54) is 6.92 Å². The third-order valence-electron chi connectivity index (χ3n) is 1.71. The van der Waals surface area contributed by atoms with Crippen molar-refractivity contribution in [3.63, 3.8) is 0 Å². The SMILES string of the molecule is C[C@H](N[PH2]=O)C(=O)OOc1ccc(Cl)cc1. The molecule has 0 amide bonds. The van der Waals surface area contributed by atoms with Gasteiger partial charge in [0.1, 0.15) is 14.7 Å². The van der Waals surface area contributed by atoms with Crippen LogP contribution in [0.3, 0.4) is 0 Å². The summed E-state index contributed by atoms with van der Waals surface area (Å²) in [5.41, 5.74) is 0. The van der Waals surface area contributed by atoms with E-state index >= 15 is 0 Å². The summed E-state index contributed by atoms with van der Waals surface area (Å²) < 4.78 is 10.3. The van der Waals surface area contributed by atoms with Crippen LogP contribution < -0.4 is 9.97 Å². The van der Waals surface area contributed by atoms with E-state index in [1.807, 2.05) is 0 Å². The standard InChI is InChI=1S/C9H11ClNO4P/c1-6(11-16-13)9(12)15-14-8-4-2-7(10)3-5-8/h2-6H,16H2,1H3,(H,11,13)/t6-/m0/s1. The van der Waals surface area contributed by atoms with Crippen molar-refractivity contribution >= 4 is 26.2 Å². The lowest BCUT2D eigenvalue weighted by Crippen LogP contribution is -2.30. The molecule has 1 aromatic carbocycles. The zero-order chi connectivity index (χ0) is 12.0. The number of halogens is 1. The van der Waals surface area contributed by atoms with Crippen molar-refractivity contribution in [3.8, 4) is 5.75 Å². The normalized spacial score (nSPS) is 12.6. The van der Waals surface area contributed by atoms with Crippen molar-refractivity contribution in [2.45, 2.75) is 13.0 Å². The van der Waals surface area contributed by atoms with Crippen LogP contribution in [0, 0.1) is 0 Å². The van der Waals surface area contributed by atoms with Gasteiger partial charge in [-0.25, -0.2) is 9.68 Å². The first kappa shape index (κ1) is 13.0. The van der Waals surface area contributed by atoms with E-state index in [0.29, 0.717) is 10.8 Å². The molecule has 88 valence electrons. The number of carbonyl (C=O) groups is 1. The van der Waals surface area contributed by atoms with Crippen molar-refractivity contribution in [3.05, 3.63) is 29.3 Å². The maximum atomic E-state index is 11.2. The first-order chi connectivity index (χ1) is 7.63. The van der Waals surface area contributed by atoms with Crippen LogP contribution in [0.1, 0.15) is 6.92 Å². The Hall–Kier alpha value is -1.03. The summed E-state index contributed by atoms with van der Waals surface area (Å²) in [6, 6.07) is 5.67. The van der Waals surface area contributed by atoms with Gasteiger partial charge in [0.15, 0.2) is 5.75 Å². The van der Waals surface area contributed by atoms with E-state index in [9.17, 15) is 9.36 Å². The van der Waals surface area contributed by atoms with Gasteiger partial charge in [0.05, 0.1) is 0 Å². The first-order valence-electron chi connectivity index (χ1n) is 4.47. The summed E-state index contributed by atoms with van der Waals surface area (Å²) in [5.74, 6) is -0.280. The fraction of sp³-hybridized carbons (Fsp3) is 0.222. The van der Waals surface area contributed by atoms with Gasteiger partial charge in [0, 0.05) is 5.02 Å². The molecular formula is C9H11ClNO4P. The topological polar surface area (TPSA) is 64.6 Å². The summed E-state index contributed by atoms with van der Waals surface area (Å²) in [4.78, 5) is 20.5. The number of hydrogen-bond donors (Lipinski definition) is 1. The van der Waals surface area contributed by atoms with Gasteiger partial charge in [-0.3, -0.25) is 9.97 Å². The molecule has 0 bridgehead atoms. The number of hydrogen-bond acceptors (Lipinski definition) is 4. The van der Waals surface area contributed by atoms with Gasteiger partial charge in [-0.1, -0.05) is 11.6 Å². The summed E-state index contributed by atoms with van der Waals surface area (Å²) in [6.45, 7) is 1.53. The van der Waals surface area contributed by atoms with Gasteiger partial charge in [-0.05, 0) is 31.2 Å². The second kappa shape index (κ2) is 6.53. The van der Waals surface area contributed by atoms with Crippen LogP contribution in [0.25, 0.3) is 0 Å². The molecule has 7 heteroatoms. The van der Waals surface area contributed by atoms with Crippen LogP contribution >= 0.6 is 20.2 Å². The largest absolute Gasteiger partial charge is 0.372 e. The molecular weight excluding hydrogens is 253 g/mol. The van der Waals surface area contributed by atoms with Crippen LogP contribution in [0.4, 0.5) is 0 Å². The number of benzene rings is 1. The molecule has 1 N–H and O–H groups in total. The summed E-state index contributed by atoms with van der Waals surface area (Å²) in [6.07, 6.45) is 0. The molecule has 0 aliphatic carbocycles. The minimum absolute atomic E-state index is 0.361. The Kier molecular flexibility index (Phi) is 5.32. The minimum Gasteiger partial charge on any atom is -0.313 e. The monoisotopic (exact) mass is 263 g/mol. The maximum Gasteiger partial charge on any atom is 0.372 e. The van der Waals surface area contributed by atoms with E-state index in [4.69, 9.17) is 16.5 Å². The first-order valence-corrected chi connectivity index (χ1v) is 5.90. The molecule has 2 atom stereocenters. The summed E-state index contributed by atoms with van der Waals surface area (Å²) in [5, 5.41) is 3.00. The predicted molar refractivity (Wildman–Crippen MR) is 61.2 cm³/mol. The lowest BCUT2D eigenvalue weighted by molar-refractivity contribution is -0.215. The van der Waals surface area contributed by atoms with Crippen molar-refractivity contribution < 1.29 is 19.1 Å². The molecule has 5 nitrogen and oxygen atoms in total. The molecule has 0 aromatic heterocycles. The molecule has 0 saturated carbocycles. The van der Waals surface area contributed by atoms with Crippen LogP contribution in [0.2, 0.25) is 5.02 Å². The van der Waals surface area contributed by atoms with Crippen molar-refractivity contribution in [2.24, 2.45) is 0 Å². The Labute approximate surface area is 98.9 Å². The molecule has 0 saturated heterocycles. The van der Waals surface area contributed by atoms with Crippen LogP contribution in [-0.2, 0) is 14.2 Å².